The number of benzene rings is 2. The monoisotopic (exact) mass is 431 g/mol. The van der Waals surface area contributed by atoms with E-state index in [9.17, 15) is 9.59 Å². The van der Waals surface area contributed by atoms with Crippen molar-refractivity contribution in [2.45, 2.75) is 18.5 Å². The van der Waals surface area contributed by atoms with E-state index in [1.165, 1.54) is 4.90 Å². The van der Waals surface area contributed by atoms with Gasteiger partial charge in [-0.2, -0.15) is 0 Å². The molecule has 8 heteroatoms. The van der Waals surface area contributed by atoms with Crippen LogP contribution in [0.25, 0.3) is 0 Å². The molecule has 0 unspecified atom stereocenters. The van der Waals surface area contributed by atoms with E-state index in [-0.39, 0.29) is 23.5 Å². The standard InChI is InChI=1S/C21H19Cl2N3O3/c1-29-13-8-6-12(7-9-13)17-16-19(25-11-3-10-24(17)25)21(28)26(20(16)27)18-14(22)4-2-5-15(18)23/h2,4-9,16-17,19H,3,10-11H2,1H3/t16-,17+,19-/m0/s1. The Kier molecular flexibility index (Phi) is 4.55. The number of hydrogen-bond donors (Lipinski definition) is 0. The molecule has 29 heavy (non-hydrogen) atoms. The zero-order valence-corrected chi connectivity index (χ0v) is 17.2. The fraction of sp³-hybridized carbons (Fsp3) is 0.333. The summed E-state index contributed by atoms with van der Waals surface area (Å²) in [6.07, 6.45) is 0.949. The predicted molar refractivity (Wildman–Crippen MR) is 110 cm³/mol. The highest BCUT2D eigenvalue weighted by atomic mass is 35.5. The van der Waals surface area contributed by atoms with Crippen LogP contribution in [0.15, 0.2) is 42.5 Å². The number of carbonyl (C=O) groups excluding carboxylic acids is 2. The Hall–Kier alpha value is -2.12. The summed E-state index contributed by atoms with van der Waals surface area (Å²) in [5, 5.41) is 4.79. The fourth-order valence-electron chi connectivity index (χ4n) is 4.84. The van der Waals surface area contributed by atoms with Gasteiger partial charge in [-0.05, 0) is 36.2 Å². The zero-order valence-electron chi connectivity index (χ0n) is 15.7. The quantitative estimate of drug-likeness (QED) is 0.695. The largest absolute Gasteiger partial charge is 0.497 e. The van der Waals surface area contributed by atoms with Gasteiger partial charge in [0.05, 0.1) is 34.8 Å². The number of imide groups is 1. The molecule has 3 fully saturated rings. The second-order valence-electron chi connectivity index (χ2n) is 7.45. The highest BCUT2D eigenvalue weighted by Gasteiger charge is 2.63. The Balaban J connectivity index is 1.59. The maximum Gasteiger partial charge on any atom is 0.253 e. The average molecular weight is 432 g/mol. The van der Waals surface area contributed by atoms with Gasteiger partial charge >= 0.3 is 0 Å². The first-order valence-corrected chi connectivity index (χ1v) is 10.3. The maximum atomic E-state index is 13.6. The Morgan fingerprint density at radius 2 is 1.52 bits per heavy atom. The molecular formula is C21H19Cl2N3O3. The lowest BCUT2D eigenvalue weighted by Crippen LogP contribution is -2.44. The first kappa shape index (κ1) is 18.9. The number of halogens is 2. The molecule has 0 radical (unpaired) electrons. The third kappa shape index (κ3) is 2.70. The van der Waals surface area contributed by atoms with Gasteiger partial charge < -0.3 is 4.74 Å². The summed E-state index contributed by atoms with van der Waals surface area (Å²) in [6.45, 7) is 1.56. The van der Waals surface area contributed by atoms with E-state index in [2.05, 4.69) is 5.01 Å². The summed E-state index contributed by atoms with van der Waals surface area (Å²) in [5.74, 6) is -0.286. The third-order valence-corrected chi connectivity index (χ3v) is 6.63. The summed E-state index contributed by atoms with van der Waals surface area (Å²) in [7, 11) is 1.62. The van der Waals surface area contributed by atoms with Crippen molar-refractivity contribution in [2.75, 3.05) is 25.1 Å². The van der Waals surface area contributed by atoms with Crippen molar-refractivity contribution in [1.29, 1.82) is 0 Å². The number of nitrogens with zero attached hydrogens (tertiary/aromatic N) is 3. The smallest absolute Gasteiger partial charge is 0.253 e. The second kappa shape index (κ2) is 6.99. The molecule has 3 aliphatic rings. The Morgan fingerprint density at radius 3 is 2.14 bits per heavy atom. The predicted octanol–water partition coefficient (Wildman–Crippen LogP) is 3.54. The number of amides is 2. The van der Waals surface area contributed by atoms with Gasteiger partial charge in [0.15, 0.2) is 0 Å². The molecule has 2 aromatic rings. The van der Waals surface area contributed by atoms with Gasteiger partial charge in [0.25, 0.3) is 5.91 Å². The van der Waals surface area contributed by atoms with Crippen LogP contribution in [0.3, 0.4) is 0 Å². The fourth-order valence-corrected chi connectivity index (χ4v) is 5.40. The second-order valence-corrected chi connectivity index (χ2v) is 8.26. The summed E-state index contributed by atoms with van der Waals surface area (Å²) < 4.78 is 5.26. The summed E-state index contributed by atoms with van der Waals surface area (Å²) in [4.78, 5) is 28.2. The van der Waals surface area contributed by atoms with Crippen LogP contribution in [-0.2, 0) is 9.59 Å². The highest BCUT2D eigenvalue weighted by molar-refractivity contribution is 6.42. The van der Waals surface area contributed by atoms with Crippen LogP contribution in [0.5, 0.6) is 5.75 Å². The van der Waals surface area contributed by atoms with E-state index < -0.39 is 12.0 Å². The van der Waals surface area contributed by atoms with Crippen molar-refractivity contribution >= 4 is 40.7 Å². The van der Waals surface area contributed by atoms with Crippen molar-refractivity contribution in [2.24, 2.45) is 5.92 Å². The molecule has 6 nitrogen and oxygen atoms in total. The molecule has 5 rings (SSSR count). The number of anilines is 1. The summed E-state index contributed by atoms with van der Waals surface area (Å²) >= 11 is 12.7. The lowest BCUT2D eigenvalue weighted by molar-refractivity contribution is -0.126. The Labute approximate surface area is 178 Å². The summed E-state index contributed by atoms with van der Waals surface area (Å²) in [5.41, 5.74) is 1.26. The van der Waals surface area contributed by atoms with E-state index in [4.69, 9.17) is 27.9 Å². The highest BCUT2D eigenvalue weighted by Crippen LogP contribution is 2.50. The van der Waals surface area contributed by atoms with Crippen molar-refractivity contribution in [3.8, 4) is 5.75 Å². The third-order valence-electron chi connectivity index (χ3n) is 6.02. The molecular weight excluding hydrogens is 413 g/mol. The number of rotatable bonds is 3. The van der Waals surface area contributed by atoms with Crippen molar-refractivity contribution in [1.82, 2.24) is 10.0 Å². The molecule has 2 aromatic carbocycles. The zero-order chi connectivity index (χ0) is 20.3. The van der Waals surface area contributed by atoms with Crippen LogP contribution in [0, 0.1) is 5.92 Å². The van der Waals surface area contributed by atoms with E-state index in [1.807, 2.05) is 29.3 Å². The van der Waals surface area contributed by atoms with Crippen LogP contribution in [0.2, 0.25) is 10.0 Å². The SMILES string of the molecule is COc1ccc([C@@H]2[C@@H]3C(=O)N(c4c(Cl)cccc4Cl)C(=O)[C@H]3N3CCCN23)cc1. The van der Waals surface area contributed by atoms with Gasteiger partial charge in [-0.15, -0.1) is 0 Å². The molecule has 3 atom stereocenters. The molecule has 150 valence electrons. The lowest BCUT2D eigenvalue weighted by atomic mass is 9.90. The number of hydrazine groups is 1. The molecule has 0 N–H and O–H groups in total. The van der Waals surface area contributed by atoms with Crippen molar-refractivity contribution < 1.29 is 14.3 Å². The number of fused-ring (bicyclic) bond motifs is 3. The minimum Gasteiger partial charge on any atom is -0.497 e. The number of hydrogen-bond acceptors (Lipinski definition) is 5. The molecule has 0 spiro atoms. The van der Waals surface area contributed by atoms with Gasteiger partial charge in [0.1, 0.15) is 11.8 Å². The normalized spacial score (nSPS) is 26.9. The number of carbonyl (C=O) groups is 2. The topological polar surface area (TPSA) is 53.1 Å². The van der Waals surface area contributed by atoms with Crippen LogP contribution in [-0.4, -0.2) is 48.1 Å². The maximum absolute atomic E-state index is 13.6. The molecule has 3 heterocycles. The molecule has 0 aliphatic carbocycles. The molecule has 3 aliphatic heterocycles. The van der Waals surface area contributed by atoms with Gasteiger partial charge in [0, 0.05) is 13.1 Å². The van der Waals surface area contributed by atoms with Gasteiger partial charge in [0.2, 0.25) is 5.91 Å². The Morgan fingerprint density at radius 1 is 0.897 bits per heavy atom. The van der Waals surface area contributed by atoms with Gasteiger partial charge in [-0.25, -0.2) is 14.9 Å². The molecule has 2 amide bonds. The van der Waals surface area contributed by atoms with E-state index in [1.54, 1.807) is 25.3 Å². The molecule has 3 saturated heterocycles. The van der Waals surface area contributed by atoms with E-state index in [0.29, 0.717) is 10.0 Å². The number of ether oxygens (including phenoxy) is 1. The van der Waals surface area contributed by atoms with Crippen LogP contribution < -0.4 is 9.64 Å². The Bertz CT molecular complexity index is 977. The molecule has 0 saturated carbocycles. The number of methoxy groups -OCH3 is 1. The van der Waals surface area contributed by atoms with Crippen LogP contribution >= 0.6 is 23.2 Å². The number of para-hydroxylation sites is 1. The van der Waals surface area contributed by atoms with Crippen molar-refractivity contribution in [3.05, 3.63) is 58.1 Å². The minimum absolute atomic E-state index is 0.212. The van der Waals surface area contributed by atoms with Gasteiger partial charge in [-0.1, -0.05) is 41.4 Å². The van der Waals surface area contributed by atoms with Crippen LogP contribution in [0.1, 0.15) is 18.0 Å². The van der Waals surface area contributed by atoms with E-state index in [0.717, 1.165) is 30.8 Å². The van der Waals surface area contributed by atoms with E-state index >= 15 is 0 Å². The first-order valence-electron chi connectivity index (χ1n) is 9.52. The minimum atomic E-state index is -0.538. The summed E-state index contributed by atoms with van der Waals surface area (Å²) in [6, 6.07) is 11.9. The first-order chi connectivity index (χ1) is 14.0. The average Bonchev–Trinajstić information content (AvgIpc) is 3.36. The lowest BCUT2D eigenvalue weighted by Gasteiger charge is -2.30. The van der Waals surface area contributed by atoms with Crippen molar-refractivity contribution in [3.63, 3.8) is 0 Å². The van der Waals surface area contributed by atoms with Gasteiger partial charge in [-0.3, -0.25) is 9.59 Å². The molecule has 0 aromatic heterocycles. The molecule has 0 bridgehead atoms. The van der Waals surface area contributed by atoms with Crippen LogP contribution in [0.4, 0.5) is 5.69 Å².